The van der Waals surface area contributed by atoms with Gasteiger partial charge in [0.1, 0.15) is 17.3 Å². The number of benzene rings is 2. The Hall–Kier alpha value is -3.29. The van der Waals surface area contributed by atoms with Crippen molar-refractivity contribution in [1.29, 1.82) is 0 Å². The Labute approximate surface area is 176 Å². The molecule has 0 saturated heterocycles. The van der Waals surface area contributed by atoms with E-state index in [2.05, 4.69) is 15.6 Å². The Balaban J connectivity index is 1.80. The maximum absolute atomic E-state index is 13.2. The van der Waals surface area contributed by atoms with Crippen molar-refractivity contribution in [1.82, 2.24) is 15.5 Å². The van der Waals surface area contributed by atoms with Crippen LogP contribution in [0, 0.1) is 5.82 Å². The average molecular weight is 416 g/mol. The molecule has 0 radical (unpaired) electrons. The van der Waals surface area contributed by atoms with Gasteiger partial charge in [-0.1, -0.05) is 12.1 Å². The van der Waals surface area contributed by atoms with Crippen molar-refractivity contribution < 1.29 is 18.7 Å². The Bertz CT molecular complexity index is 873. The summed E-state index contributed by atoms with van der Waals surface area (Å²) in [5, 5.41) is 6.03. The second-order valence-corrected chi connectivity index (χ2v) is 6.66. The quantitative estimate of drug-likeness (QED) is 0.372. The van der Waals surface area contributed by atoms with E-state index < -0.39 is 0 Å². The van der Waals surface area contributed by atoms with Gasteiger partial charge >= 0.3 is 0 Å². The number of carbonyl (C=O) groups excluding carboxylic acids is 1. The molecule has 0 aromatic heterocycles. The highest BCUT2D eigenvalue weighted by Gasteiger charge is 2.11. The summed E-state index contributed by atoms with van der Waals surface area (Å²) in [5.41, 5.74) is 1.64. The van der Waals surface area contributed by atoms with Gasteiger partial charge in [0.15, 0.2) is 5.96 Å². The van der Waals surface area contributed by atoms with Crippen LogP contribution >= 0.6 is 0 Å². The van der Waals surface area contributed by atoms with Crippen LogP contribution in [0.5, 0.6) is 11.5 Å². The molecule has 2 rings (SSSR count). The highest BCUT2D eigenvalue weighted by atomic mass is 19.1. The van der Waals surface area contributed by atoms with Crippen LogP contribution in [-0.2, 0) is 17.8 Å². The fourth-order valence-electron chi connectivity index (χ4n) is 2.97. The molecule has 1 amide bonds. The van der Waals surface area contributed by atoms with Gasteiger partial charge in [0.25, 0.3) is 0 Å². The molecule has 0 fully saturated rings. The Kier molecular flexibility index (Phi) is 8.93. The van der Waals surface area contributed by atoms with Gasteiger partial charge in [0, 0.05) is 45.4 Å². The number of nitrogens with one attached hydrogen (secondary N) is 2. The highest BCUT2D eigenvalue weighted by molar-refractivity contribution is 5.80. The number of methoxy groups -OCH3 is 2. The van der Waals surface area contributed by atoms with Crippen molar-refractivity contribution >= 4 is 11.9 Å². The van der Waals surface area contributed by atoms with Crippen molar-refractivity contribution in [3.8, 4) is 11.5 Å². The molecule has 0 bridgehead atoms. The minimum absolute atomic E-state index is 0.143. The van der Waals surface area contributed by atoms with Gasteiger partial charge in [-0.15, -0.1) is 0 Å². The number of nitrogens with zero attached hydrogens (tertiary/aromatic N) is 2. The fraction of sp³-hybridized carbons (Fsp3) is 0.364. The zero-order valence-corrected chi connectivity index (χ0v) is 17.9. The van der Waals surface area contributed by atoms with Crippen molar-refractivity contribution in [2.45, 2.75) is 13.0 Å². The van der Waals surface area contributed by atoms with E-state index in [-0.39, 0.29) is 18.1 Å². The van der Waals surface area contributed by atoms with Gasteiger partial charge < -0.3 is 25.0 Å². The molecule has 2 aromatic rings. The van der Waals surface area contributed by atoms with E-state index in [0.717, 1.165) is 17.1 Å². The first-order chi connectivity index (χ1) is 14.5. The van der Waals surface area contributed by atoms with Crippen LogP contribution in [0.3, 0.4) is 0 Å². The topological polar surface area (TPSA) is 75.2 Å². The molecular formula is C22H29FN4O3. The Morgan fingerprint density at radius 1 is 1.10 bits per heavy atom. The minimum atomic E-state index is -0.345. The monoisotopic (exact) mass is 416 g/mol. The molecule has 8 heteroatoms. The van der Waals surface area contributed by atoms with Crippen LogP contribution in [0.25, 0.3) is 0 Å². The van der Waals surface area contributed by atoms with Gasteiger partial charge in [-0.3, -0.25) is 9.79 Å². The van der Waals surface area contributed by atoms with Crippen LogP contribution in [0.15, 0.2) is 47.5 Å². The molecule has 0 heterocycles. The number of hydrogen-bond donors (Lipinski definition) is 2. The van der Waals surface area contributed by atoms with Crippen molar-refractivity contribution in [2.75, 3.05) is 41.4 Å². The number of amides is 1. The standard InChI is InChI=1S/C22H29FN4O3/c1-24-22(27(2)15-17-8-9-19(29-3)14-20(17)30-4)26-11-10-25-21(28)13-16-6-5-7-18(23)12-16/h5-9,12,14H,10-11,13,15H2,1-4H3,(H,24,26)(H,25,28). The maximum Gasteiger partial charge on any atom is 0.224 e. The molecule has 7 nitrogen and oxygen atoms in total. The molecule has 0 aliphatic carbocycles. The van der Waals surface area contributed by atoms with Crippen LogP contribution < -0.4 is 20.1 Å². The van der Waals surface area contributed by atoms with E-state index >= 15 is 0 Å². The smallest absolute Gasteiger partial charge is 0.224 e. The summed E-state index contributed by atoms with van der Waals surface area (Å²) in [7, 11) is 6.86. The molecule has 30 heavy (non-hydrogen) atoms. The lowest BCUT2D eigenvalue weighted by Gasteiger charge is -2.23. The summed E-state index contributed by atoms with van der Waals surface area (Å²) >= 11 is 0. The van der Waals surface area contributed by atoms with Gasteiger partial charge in [-0.05, 0) is 29.8 Å². The van der Waals surface area contributed by atoms with Crippen LogP contribution in [0.1, 0.15) is 11.1 Å². The lowest BCUT2D eigenvalue weighted by Crippen LogP contribution is -2.42. The van der Waals surface area contributed by atoms with Crippen LogP contribution in [-0.4, -0.2) is 58.2 Å². The van der Waals surface area contributed by atoms with E-state index in [0.29, 0.717) is 31.2 Å². The van der Waals surface area contributed by atoms with E-state index in [1.165, 1.54) is 12.1 Å². The summed E-state index contributed by atoms with van der Waals surface area (Å²) in [5.74, 6) is 1.65. The molecule has 0 spiro atoms. The van der Waals surface area contributed by atoms with Crippen molar-refractivity contribution in [2.24, 2.45) is 4.99 Å². The second kappa shape index (κ2) is 11.6. The molecule has 2 aromatic carbocycles. The summed E-state index contributed by atoms with van der Waals surface area (Å²) in [6.45, 7) is 1.51. The third-order valence-corrected chi connectivity index (χ3v) is 4.46. The van der Waals surface area contributed by atoms with Crippen molar-refractivity contribution in [3.05, 3.63) is 59.4 Å². The third-order valence-electron chi connectivity index (χ3n) is 4.46. The van der Waals surface area contributed by atoms with E-state index in [1.54, 1.807) is 33.4 Å². The Morgan fingerprint density at radius 2 is 1.87 bits per heavy atom. The summed E-state index contributed by atoms with van der Waals surface area (Å²) in [6, 6.07) is 11.7. The van der Waals surface area contributed by atoms with Crippen LogP contribution in [0.2, 0.25) is 0 Å². The molecule has 162 valence electrons. The number of carbonyl (C=O) groups is 1. The number of halogens is 1. The van der Waals surface area contributed by atoms with E-state index in [1.807, 2.05) is 30.1 Å². The zero-order chi connectivity index (χ0) is 21.9. The number of ether oxygens (including phenoxy) is 2. The van der Waals surface area contributed by atoms with Gasteiger partial charge in [-0.2, -0.15) is 0 Å². The van der Waals surface area contributed by atoms with Crippen molar-refractivity contribution in [3.63, 3.8) is 0 Å². The number of rotatable bonds is 9. The lowest BCUT2D eigenvalue weighted by molar-refractivity contribution is -0.120. The SMILES string of the molecule is CN=C(NCCNC(=O)Cc1cccc(F)c1)N(C)Cc1ccc(OC)cc1OC. The number of guanidine groups is 1. The summed E-state index contributed by atoms with van der Waals surface area (Å²) < 4.78 is 23.9. The highest BCUT2D eigenvalue weighted by Crippen LogP contribution is 2.25. The van der Waals surface area contributed by atoms with E-state index in [9.17, 15) is 9.18 Å². The van der Waals surface area contributed by atoms with Gasteiger partial charge in [-0.25, -0.2) is 4.39 Å². The predicted molar refractivity (Wildman–Crippen MR) is 115 cm³/mol. The number of aliphatic imine (C=N–C) groups is 1. The molecule has 0 saturated carbocycles. The van der Waals surface area contributed by atoms with E-state index in [4.69, 9.17) is 9.47 Å². The first-order valence-electron chi connectivity index (χ1n) is 9.60. The largest absolute Gasteiger partial charge is 0.497 e. The van der Waals surface area contributed by atoms with Gasteiger partial charge in [0.05, 0.1) is 20.6 Å². The zero-order valence-electron chi connectivity index (χ0n) is 17.9. The second-order valence-electron chi connectivity index (χ2n) is 6.66. The lowest BCUT2D eigenvalue weighted by atomic mass is 10.1. The first kappa shape index (κ1) is 23.0. The minimum Gasteiger partial charge on any atom is -0.497 e. The summed E-state index contributed by atoms with van der Waals surface area (Å²) in [4.78, 5) is 18.2. The maximum atomic E-state index is 13.2. The molecule has 2 N–H and O–H groups in total. The van der Waals surface area contributed by atoms with Crippen LogP contribution in [0.4, 0.5) is 4.39 Å². The fourth-order valence-corrected chi connectivity index (χ4v) is 2.97. The van der Waals surface area contributed by atoms with Gasteiger partial charge in [0.2, 0.25) is 5.91 Å². The number of hydrogen-bond acceptors (Lipinski definition) is 4. The molecule has 0 aliphatic rings. The normalized spacial score (nSPS) is 11.0. The molecule has 0 unspecified atom stereocenters. The average Bonchev–Trinajstić information content (AvgIpc) is 2.74. The Morgan fingerprint density at radius 3 is 2.53 bits per heavy atom. The predicted octanol–water partition coefficient (Wildman–Crippen LogP) is 2.21. The molecule has 0 atom stereocenters. The first-order valence-corrected chi connectivity index (χ1v) is 9.60. The summed E-state index contributed by atoms with van der Waals surface area (Å²) in [6.07, 6.45) is 0.143. The third kappa shape index (κ3) is 6.95. The molecule has 0 aliphatic heterocycles. The molecular weight excluding hydrogens is 387 g/mol.